The summed E-state index contributed by atoms with van der Waals surface area (Å²) in [6.45, 7) is 1.80. The Kier molecular flexibility index (Phi) is 6.73. The number of non-ortho nitro benzene ring substituents is 1. The van der Waals surface area contributed by atoms with E-state index in [1.807, 2.05) is 0 Å². The molecule has 2 aromatic rings. The van der Waals surface area contributed by atoms with E-state index in [0.717, 1.165) is 6.07 Å². The molecule has 0 aliphatic heterocycles. The number of anilines is 1. The van der Waals surface area contributed by atoms with Crippen LogP contribution in [0.15, 0.2) is 42.5 Å². The molecule has 1 N–H and O–H groups in total. The predicted octanol–water partition coefficient (Wildman–Crippen LogP) is 3.36. The second-order valence-corrected chi connectivity index (χ2v) is 5.92. The molecule has 8 nitrogen and oxygen atoms in total. The third kappa shape index (κ3) is 5.18. The third-order valence-corrected chi connectivity index (χ3v) is 4.08. The van der Waals surface area contributed by atoms with Crippen LogP contribution in [0.5, 0.6) is 5.75 Å². The number of benzene rings is 2. The zero-order valence-corrected chi connectivity index (χ0v) is 15.5. The Morgan fingerprint density at radius 3 is 2.41 bits per heavy atom. The number of amides is 2. The van der Waals surface area contributed by atoms with E-state index in [4.69, 9.17) is 16.3 Å². The number of carbonyl (C=O) groups excluding carboxylic acids is 2. The SMILES string of the molecule is CCN(CC(=O)Nc1ccc(OC)cc1)C(=O)c1ccc([N+](=O)[O-])cc1Cl. The van der Waals surface area contributed by atoms with E-state index < -0.39 is 10.8 Å². The van der Waals surface area contributed by atoms with Crippen molar-refractivity contribution in [3.05, 3.63) is 63.2 Å². The average molecular weight is 392 g/mol. The molecule has 142 valence electrons. The van der Waals surface area contributed by atoms with E-state index in [9.17, 15) is 19.7 Å². The first-order valence-electron chi connectivity index (χ1n) is 8.02. The van der Waals surface area contributed by atoms with E-state index in [1.165, 1.54) is 17.0 Å². The molecule has 0 saturated carbocycles. The van der Waals surface area contributed by atoms with Gasteiger partial charge in [0.1, 0.15) is 12.3 Å². The molecule has 0 bridgehead atoms. The standard InChI is InChI=1S/C18H18ClN3O5/c1-3-21(11-17(23)20-12-4-7-14(27-2)8-5-12)18(24)15-9-6-13(22(25)26)10-16(15)19/h4-10H,3,11H2,1-2H3,(H,20,23). The normalized spacial score (nSPS) is 10.2. The van der Waals surface area contributed by atoms with Crippen LogP contribution in [0, 0.1) is 10.1 Å². The summed E-state index contributed by atoms with van der Waals surface area (Å²) < 4.78 is 5.05. The number of nitrogens with zero attached hydrogens (tertiary/aromatic N) is 2. The molecule has 0 unspecified atom stereocenters. The number of halogens is 1. The van der Waals surface area contributed by atoms with Crippen molar-refractivity contribution in [1.29, 1.82) is 0 Å². The maximum absolute atomic E-state index is 12.6. The van der Waals surface area contributed by atoms with Crippen molar-refractivity contribution in [2.75, 3.05) is 25.5 Å². The lowest BCUT2D eigenvalue weighted by molar-refractivity contribution is -0.384. The Morgan fingerprint density at radius 1 is 1.22 bits per heavy atom. The molecule has 2 amide bonds. The Morgan fingerprint density at radius 2 is 1.89 bits per heavy atom. The fraction of sp³-hybridized carbons (Fsp3) is 0.222. The van der Waals surface area contributed by atoms with Gasteiger partial charge in [0, 0.05) is 24.4 Å². The molecule has 0 aromatic heterocycles. The van der Waals surface area contributed by atoms with Gasteiger partial charge in [0.25, 0.3) is 11.6 Å². The molecule has 0 radical (unpaired) electrons. The van der Waals surface area contributed by atoms with Gasteiger partial charge in [-0.3, -0.25) is 19.7 Å². The molecular weight excluding hydrogens is 374 g/mol. The molecule has 2 rings (SSSR count). The number of nitrogens with one attached hydrogen (secondary N) is 1. The number of nitro groups is 1. The van der Waals surface area contributed by atoms with Crippen LogP contribution in [0.3, 0.4) is 0 Å². The average Bonchev–Trinajstić information content (AvgIpc) is 2.66. The van der Waals surface area contributed by atoms with E-state index in [2.05, 4.69) is 5.32 Å². The second-order valence-electron chi connectivity index (χ2n) is 5.52. The van der Waals surface area contributed by atoms with Crippen LogP contribution >= 0.6 is 11.6 Å². The number of hydrogen-bond acceptors (Lipinski definition) is 5. The van der Waals surface area contributed by atoms with Gasteiger partial charge in [-0.05, 0) is 37.3 Å². The monoisotopic (exact) mass is 391 g/mol. The van der Waals surface area contributed by atoms with Crippen molar-refractivity contribution in [2.45, 2.75) is 6.92 Å². The predicted molar refractivity (Wildman–Crippen MR) is 101 cm³/mol. The topological polar surface area (TPSA) is 102 Å². The van der Waals surface area contributed by atoms with Gasteiger partial charge in [-0.15, -0.1) is 0 Å². The van der Waals surface area contributed by atoms with Crippen LogP contribution in [0.1, 0.15) is 17.3 Å². The van der Waals surface area contributed by atoms with Crippen molar-refractivity contribution in [1.82, 2.24) is 4.90 Å². The fourth-order valence-corrected chi connectivity index (χ4v) is 2.59. The highest BCUT2D eigenvalue weighted by Crippen LogP contribution is 2.23. The van der Waals surface area contributed by atoms with Crippen LogP contribution in [-0.2, 0) is 4.79 Å². The minimum Gasteiger partial charge on any atom is -0.497 e. The minimum atomic E-state index is -0.597. The lowest BCUT2D eigenvalue weighted by Crippen LogP contribution is -2.38. The third-order valence-electron chi connectivity index (χ3n) is 3.77. The van der Waals surface area contributed by atoms with Gasteiger partial charge in [0.15, 0.2) is 0 Å². The number of rotatable bonds is 7. The number of nitro benzene ring substituents is 1. The molecular formula is C18H18ClN3O5. The van der Waals surface area contributed by atoms with Gasteiger partial charge in [-0.2, -0.15) is 0 Å². The van der Waals surface area contributed by atoms with Gasteiger partial charge in [0.2, 0.25) is 5.91 Å². The molecule has 0 spiro atoms. The lowest BCUT2D eigenvalue weighted by atomic mass is 10.1. The largest absolute Gasteiger partial charge is 0.497 e. The van der Waals surface area contributed by atoms with Gasteiger partial charge in [0.05, 0.1) is 22.6 Å². The highest BCUT2D eigenvalue weighted by Gasteiger charge is 2.21. The Labute approximate surface area is 160 Å². The quantitative estimate of drug-likeness (QED) is 0.576. The van der Waals surface area contributed by atoms with Crippen LogP contribution < -0.4 is 10.1 Å². The molecule has 0 fully saturated rings. The van der Waals surface area contributed by atoms with E-state index in [-0.39, 0.29) is 35.3 Å². The lowest BCUT2D eigenvalue weighted by Gasteiger charge is -2.21. The summed E-state index contributed by atoms with van der Waals surface area (Å²) in [4.78, 5) is 36.3. The molecule has 0 heterocycles. The van der Waals surface area contributed by atoms with Crippen LogP contribution in [-0.4, -0.2) is 41.8 Å². The second kappa shape index (κ2) is 9.00. The summed E-state index contributed by atoms with van der Waals surface area (Å²) in [6.07, 6.45) is 0. The Balaban J connectivity index is 2.07. The van der Waals surface area contributed by atoms with E-state index in [0.29, 0.717) is 11.4 Å². The molecule has 0 atom stereocenters. The summed E-state index contributed by atoms with van der Waals surface area (Å²) in [5.41, 5.74) is 0.455. The molecule has 0 aliphatic carbocycles. The first-order valence-corrected chi connectivity index (χ1v) is 8.40. The summed E-state index contributed by atoms with van der Waals surface area (Å²) in [6, 6.07) is 10.4. The first-order chi connectivity index (χ1) is 12.8. The van der Waals surface area contributed by atoms with Crippen molar-refractivity contribution in [3.63, 3.8) is 0 Å². The van der Waals surface area contributed by atoms with Crippen molar-refractivity contribution in [3.8, 4) is 5.75 Å². The zero-order valence-electron chi connectivity index (χ0n) is 14.8. The van der Waals surface area contributed by atoms with Gasteiger partial charge in [-0.1, -0.05) is 11.6 Å². The van der Waals surface area contributed by atoms with Crippen LogP contribution in [0.4, 0.5) is 11.4 Å². The Hall–Kier alpha value is -3.13. The molecule has 0 saturated heterocycles. The van der Waals surface area contributed by atoms with Gasteiger partial charge in [-0.25, -0.2) is 0 Å². The van der Waals surface area contributed by atoms with Gasteiger partial charge >= 0.3 is 0 Å². The summed E-state index contributed by atoms with van der Waals surface area (Å²) in [7, 11) is 1.54. The van der Waals surface area contributed by atoms with E-state index in [1.54, 1.807) is 38.3 Å². The van der Waals surface area contributed by atoms with Crippen molar-refractivity contribution < 1.29 is 19.2 Å². The zero-order chi connectivity index (χ0) is 20.0. The molecule has 2 aromatic carbocycles. The number of carbonyl (C=O) groups is 2. The number of likely N-dealkylation sites (N-methyl/N-ethyl adjacent to an activating group) is 1. The summed E-state index contributed by atoms with van der Waals surface area (Å²) in [5, 5.41) is 13.4. The van der Waals surface area contributed by atoms with Gasteiger partial charge < -0.3 is 15.0 Å². The summed E-state index contributed by atoms with van der Waals surface area (Å²) in [5.74, 6) is -0.207. The number of methoxy groups -OCH3 is 1. The van der Waals surface area contributed by atoms with Crippen molar-refractivity contribution >= 4 is 34.8 Å². The van der Waals surface area contributed by atoms with Crippen LogP contribution in [0.25, 0.3) is 0 Å². The number of hydrogen-bond donors (Lipinski definition) is 1. The number of ether oxygens (including phenoxy) is 1. The van der Waals surface area contributed by atoms with E-state index >= 15 is 0 Å². The molecule has 9 heteroatoms. The summed E-state index contributed by atoms with van der Waals surface area (Å²) >= 11 is 6.00. The van der Waals surface area contributed by atoms with Crippen LogP contribution in [0.2, 0.25) is 5.02 Å². The maximum Gasteiger partial charge on any atom is 0.270 e. The highest BCUT2D eigenvalue weighted by molar-refractivity contribution is 6.34. The van der Waals surface area contributed by atoms with Crippen molar-refractivity contribution in [2.24, 2.45) is 0 Å². The minimum absolute atomic E-state index is 0.0387. The molecule has 0 aliphatic rings. The Bertz CT molecular complexity index is 855. The first kappa shape index (κ1) is 20.2. The fourth-order valence-electron chi connectivity index (χ4n) is 2.34. The smallest absolute Gasteiger partial charge is 0.270 e. The molecule has 27 heavy (non-hydrogen) atoms. The maximum atomic E-state index is 12.6. The highest BCUT2D eigenvalue weighted by atomic mass is 35.5.